The summed E-state index contributed by atoms with van der Waals surface area (Å²) in [7, 11) is -2.62. The lowest BCUT2D eigenvalue weighted by molar-refractivity contribution is -0.363. The summed E-state index contributed by atoms with van der Waals surface area (Å²) in [5.74, 6) is 0.824. The number of aromatic nitrogens is 1. The number of H-pyrrole nitrogens is 1. The first-order chi connectivity index (χ1) is 16.4. The third-order valence-corrected chi connectivity index (χ3v) is 7.56. The number of aryl methyl sites for hydroxylation is 1. The lowest BCUT2D eigenvalue weighted by Gasteiger charge is -2.28. The number of anilines is 1. The van der Waals surface area contributed by atoms with Crippen LogP contribution in [-0.4, -0.2) is 27.5 Å². The van der Waals surface area contributed by atoms with Gasteiger partial charge in [0.25, 0.3) is 5.82 Å². The molecule has 0 radical (unpaired) electrons. The maximum absolute atomic E-state index is 13.8. The number of benzene rings is 2. The number of para-hydroxylation sites is 1. The lowest BCUT2D eigenvalue weighted by Crippen LogP contribution is -2.44. The van der Waals surface area contributed by atoms with Gasteiger partial charge in [-0.3, -0.25) is 0 Å². The Balaban J connectivity index is 1.70. The fraction of sp³-hybridized carbons (Fsp3) is 0.308. The normalized spacial score (nSPS) is 14.4. The molecule has 0 unspecified atom stereocenters. The number of rotatable bonds is 7. The van der Waals surface area contributed by atoms with E-state index in [1.54, 1.807) is 54.4 Å². The molecule has 7 nitrogen and oxygen atoms in total. The largest absolute Gasteiger partial charge is 0.570 e. The number of nitrogens with zero attached hydrogens (tertiary/aromatic N) is 2. The second-order valence-electron chi connectivity index (χ2n) is 8.43. The van der Waals surface area contributed by atoms with Crippen LogP contribution in [-0.2, 0) is 10.0 Å². The molecule has 1 aliphatic carbocycles. The van der Waals surface area contributed by atoms with Gasteiger partial charge in [0.15, 0.2) is 0 Å². The van der Waals surface area contributed by atoms with E-state index in [4.69, 9.17) is 4.74 Å². The second-order valence-corrected chi connectivity index (χ2v) is 10.0. The van der Waals surface area contributed by atoms with E-state index >= 15 is 0 Å². The van der Waals surface area contributed by atoms with Gasteiger partial charge in [-0.2, -0.15) is 4.90 Å². The van der Waals surface area contributed by atoms with Crippen LogP contribution >= 0.6 is 0 Å². The zero-order chi connectivity index (χ0) is 24.1. The summed E-state index contributed by atoms with van der Waals surface area (Å²) in [5.41, 5.74) is 1.04. The lowest BCUT2D eigenvalue weighted by atomic mass is 9.93. The monoisotopic (exact) mass is 479 g/mol. The van der Waals surface area contributed by atoms with Gasteiger partial charge in [0.1, 0.15) is 21.8 Å². The van der Waals surface area contributed by atoms with Crippen molar-refractivity contribution in [1.29, 1.82) is 0 Å². The number of aromatic amines is 1. The topological polar surface area (TPSA) is 91.9 Å². The van der Waals surface area contributed by atoms with E-state index in [1.165, 1.54) is 13.2 Å². The molecular formula is C26H29N3O4S. The Hall–Kier alpha value is -3.39. The molecule has 178 valence electrons. The fourth-order valence-electron chi connectivity index (χ4n) is 4.38. The molecule has 0 spiro atoms. The third kappa shape index (κ3) is 5.07. The summed E-state index contributed by atoms with van der Waals surface area (Å²) in [5, 5.41) is 0. The molecular weight excluding hydrogens is 450 g/mol. The predicted molar refractivity (Wildman–Crippen MR) is 131 cm³/mol. The second kappa shape index (κ2) is 10.3. The van der Waals surface area contributed by atoms with Crippen LogP contribution in [0.5, 0.6) is 5.75 Å². The van der Waals surface area contributed by atoms with Gasteiger partial charge in [0.2, 0.25) is 0 Å². The maximum Gasteiger partial charge on any atom is 0.341 e. The van der Waals surface area contributed by atoms with E-state index in [1.807, 2.05) is 18.2 Å². The molecule has 3 aromatic rings. The van der Waals surface area contributed by atoms with Crippen molar-refractivity contribution in [1.82, 2.24) is 0 Å². The van der Waals surface area contributed by atoms with E-state index in [-0.39, 0.29) is 22.5 Å². The number of sulfonamides is 1. The van der Waals surface area contributed by atoms with Crippen molar-refractivity contribution in [2.75, 3.05) is 12.0 Å². The summed E-state index contributed by atoms with van der Waals surface area (Å²) in [6, 6.07) is 17.1. The van der Waals surface area contributed by atoms with Crippen LogP contribution in [0.15, 0.2) is 71.8 Å². The number of amides is 1. The summed E-state index contributed by atoms with van der Waals surface area (Å²) < 4.78 is 35.8. The summed E-state index contributed by atoms with van der Waals surface area (Å²) in [6.07, 6.45) is 6.90. The summed E-state index contributed by atoms with van der Waals surface area (Å²) in [4.78, 5) is 18.7. The van der Waals surface area contributed by atoms with Gasteiger partial charge in [-0.1, -0.05) is 42.4 Å². The number of carbonyl (C=O) groups is 1. The Labute approximate surface area is 200 Å². The molecule has 0 atom stereocenters. The molecule has 0 saturated heterocycles. The average Bonchev–Trinajstić information content (AvgIpc) is 2.86. The van der Waals surface area contributed by atoms with Crippen LogP contribution < -0.4 is 14.6 Å². The summed E-state index contributed by atoms with van der Waals surface area (Å²) in [6.45, 7) is 1.70. The highest BCUT2D eigenvalue weighted by Crippen LogP contribution is 2.37. The number of carbonyl (C=O) groups excluding carboxylic acids is 1. The molecule has 1 N–H and O–H groups in total. The number of hydrogen-bond acceptors (Lipinski definition) is 4. The minimum atomic E-state index is -4.08. The van der Waals surface area contributed by atoms with E-state index in [0.717, 1.165) is 32.1 Å². The Kier molecular flexibility index (Phi) is 7.17. The van der Waals surface area contributed by atoms with Crippen molar-refractivity contribution >= 4 is 27.4 Å². The van der Waals surface area contributed by atoms with Crippen LogP contribution in [0.25, 0.3) is 4.72 Å². The minimum absolute atomic E-state index is 0.00453. The van der Waals surface area contributed by atoms with Crippen LogP contribution in [0.2, 0.25) is 0 Å². The zero-order valence-electron chi connectivity index (χ0n) is 19.4. The number of hydrogen-bond donors (Lipinski definition) is 0. The highest BCUT2D eigenvalue weighted by Gasteiger charge is 2.35. The first-order valence-corrected chi connectivity index (χ1v) is 12.9. The first-order valence-electron chi connectivity index (χ1n) is 11.4. The van der Waals surface area contributed by atoms with E-state index < -0.39 is 10.0 Å². The Bertz CT molecular complexity index is 1260. The Morgan fingerprint density at radius 2 is 1.76 bits per heavy atom. The van der Waals surface area contributed by atoms with Crippen molar-refractivity contribution in [2.24, 2.45) is 0 Å². The average molecular weight is 480 g/mol. The molecule has 34 heavy (non-hydrogen) atoms. The fourth-order valence-corrected chi connectivity index (χ4v) is 5.64. The maximum atomic E-state index is 13.8. The number of methoxy groups -OCH3 is 1. The molecule has 8 heteroatoms. The SMILES string of the molecule is COc1ccccc1[N-]S(=O)(=O)c1cc(C(=O)N(c2cccc[nH+]2)C2CCCCC2)ccc1C. The van der Waals surface area contributed by atoms with Gasteiger partial charge in [0, 0.05) is 6.07 Å². The molecule has 1 saturated carbocycles. The van der Waals surface area contributed by atoms with Crippen molar-refractivity contribution in [3.8, 4) is 5.75 Å². The van der Waals surface area contributed by atoms with Gasteiger partial charge < -0.3 is 9.46 Å². The number of pyridine rings is 1. The van der Waals surface area contributed by atoms with Crippen LogP contribution in [0.3, 0.4) is 0 Å². The quantitative estimate of drug-likeness (QED) is 0.466. The predicted octanol–water partition coefficient (Wildman–Crippen LogP) is 5.19. The van der Waals surface area contributed by atoms with Gasteiger partial charge >= 0.3 is 5.91 Å². The van der Waals surface area contributed by atoms with Crippen molar-refractivity contribution in [2.45, 2.75) is 50.0 Å². The molecule has 1 fully saturated rings. The van der Waals surface area contributed by atoms with Gasteiger partial charge in [0.05, 0.1) is 23.8 Å². The van der Waals surface area contributed by atoms with Crippen LogP contribution in [0.1, 0.15) is 48.0 Å². The molecule has 0 aliphatic heterocycles. The van der Waals surface area contributed by atoms with E-state index in [0.29, 0.717) is 22.7 Å². The van der Waals surface area contributed by atoms with Gasteiger partial charge in [-0.25, -0.2) is 18.2 Å². The Morgan fingerprint density at radius 1 is 1.03 bits per heavy atom. The molecule has 0 bridgehead atoms. The van der Waals surface area contributed by atoms with Gasteiger partial charge in [-0.15, -0.1) is 0 Å². The van der Waals surface area contributed by atoms with Crippen molar-refractivity contribution in [3.05, 3.63) is 82.7 Å². The number of ether oxygens (including phenoxy) is 1. The van der Waals surface area contributed by atoms with Crippen molar-refractivity contribution < 1.29 is 22.9 Å². The van der Waals surface area contributed by atoms with E-state index in [2.05, 4.69) is 9.71 Å². The highest BCUT2D eigenvalue weighted by molar-refractivity contribution is 7.94. The van der Waals surface area contributed by atoms with Crippen LogP contribution in [0, 0.1) is 6.92 Å². The minimum Gasteiger partial charge on any atom is -0.570 e. The summed E-state index contributed by atoms with van der Waals surface area (Å²) >= 11 is 0. The molecule has 2 aromatic carbocycles. The molecule has 4 rings (SSSR count). The van der Waals surface area contributed by atoms with E-state index in [9.17, 15) is 13.2 Å². The standard InChI is InChI=1S/C26H28N3O4S/c1-19-15-16-20(18-24(19)34(31,32)28-22-12-6-7-13-23(22)33-2)26(30)29(21-10-4-3-5-11-21)25-14-8-9-17-27-25/h6-9,12-18,21H,3-5,10-11H2,1-2H3/q-1/p+1. The highest BCUT2D eigenvalue weighted by atomic mass is 32.2. The number of nitrogens with one attached hydrogen (secondary N) is 1. The smallest absolute Gasteiger partial charge is 0.341 e. The van der Waals surface area contributed by atoms with Crippen LogP contribution in [0.4, 0.5) is 11.5 Å². The molecule has 1 aliphatic rings. The zero-order valence-corrected chi connectivity index (χ0v) is 20.2. The Morgan fingerprint density at radius 3 is 2.47 bits per heavy atom. The first kappa shape index (κ1) is 23.8. The molecule has 1 amide bonds. The van der Waals surface area contributed by atoms with Gasteiger partial charge in [-0.05, 0) is 62.4 Å². The molecule has 1 aromatic heterocycles. The van der Waals surface area contributed by atoms with Crippen molar-refractivity contribution in [3.63, 3.8) is 0 Å². The third-order valence-electron chi connectivity index (χ3n) is 6.13. The molecule has 1 heterocycles.